The molecule has 21 heavy (non-hydrogen) atoms. The molecule has 116 valence electrons. The molecule has 0 spiro atoms. The zero-order valence-corrected chi connectivity index (χ0v) is 13.4. The summed E-state index contributed by atoms with van der Waals surface area (Å²) < 4.78 is 3.94. The van der Waals surface area contributed by atoms with Crippen molar-refractivity contribution >= 4 is 23.3 Å². The summed E-state index contributed by atoms with van der Waals surface area (Å²) in [5.74, 6) is 0.0788. The van der Waals surface area contributed by atoms with E-state index in [4.69, 9.17) is 10.9 Å². The molecule has 0 saturated heterocycles. The topological polar surface area (TPSA) is 105 Å². The Morgan fingerprint density at radius 2 is 2.19 bits per heavy atom. The first-order chi connectivity index (χ1) is 9.84. The van der Waals surface area contributed by atoms with Crippen LogP contribution in [0.2, 0.25) is 0 Å². The fourth-order valence-electron chi connectivity index (χ4n) is 2.07. The van der Waals surface area contributed by atoms with Crippen LogP contribution < -0.4 is 5.73 Å². The van der Waals surface area contributed by atoms with E-state index in [0.717, 1.165) is 30.1 Å². The van der Waals surface area contributed by atoms with Gasteiger partial charge in [-0.3, -0.25) is 4.79 Å². The van der Waals surface area contributed by atoms with E-state index in [1.165, 1.54) is 0 Å². The van der Waals surface area contributed by atoms with Gasteiger partial charge in [-0.1, -0.05) is 30.4 Å². The summed E-state index contributed by atoms with van der Waals surface area (Å²) in [6, 6.07) is 0.249. The number of amides is 1. The molecule has 0 aliphatic heterocycles. The van der Waals surface area contributed by atoms with Crippen LogP contribution in [0, 0.1) is 0 Å². The minimum Gasteiger partial charge on any atom is -0.409 e. The zero-order chi connectivity index (χ0) is 15.6. The van der Waals surface area contributed by atoms with E-state index in [1.807, 2.05) is 20.8 Å². The number of rotatable bonds is 5. The van der Waals surface area contributed by atoms with Gasteiger partial charge in [0.15, 0.2) is 0 Å². The Labute approximate surface area is 128 Å². The van der Waals surface area contributed by atoms with Crippen LogP contribution in [-0.2, 0) is 5.41 Å². The number of oxime groups is 1. The Balaban J connectivity index is 2.18. The highest BCUT2D eigenvalue weighted by Gasteiger charge is 2.36. The first kappa shape index (κ1) is 15.7. The predicted octanol–water partition coefficient (Wildman–Crippen LogP) is 1.58. The molecule has 0 aromatic carbocycles. The Hall–Kier alpha value is -1.70. The van der Waals surface area contributed by atoms with Crippen LogP contribution >= 0.6 is 11.5 Å². The number of hydrogen-bond donors (Lipinski definition) is 2. The lowest BCUT2D eigenvalue weighted by molar-refractivity contribution is 0.0749. The monoisotopic (exact) mass is 311 g/mol. The van der Waals surface area contributed by atoms with Gasteiger partial charge in [-0.25, -0.2) is 0 Å². The van der Waals surface area contributed by atoms with E-state index in [9.17, 15) is 4.79 Å². The van der Waals surface area contributed by atoms with Crippen molar-refractivity contribution < 1.29 is 10.0 Å². The molecule has 1 aromatic rings. The molecule has 0 atom stereocenters. The predicted molar refractivity (Wildman–Crippen MR) is 80.7 cm³/mol. The Kier molecular flexibility index (Phi) is 4.46. The van der Waals surface area contributed by atoms with Crippen molar-refractivity contribution in [1.29, 1.82) is 0 Å². The number of hydrogen-bond acceptors (Lipinski definition) is 6. The molecular formula is C13H21N5O2S. The Morgan fingerprint density at radius 1 is 1.52 bits per heavy atom. The maximum Gasteiger partial charge on any atom is 0.267 e. The van der Waals surface area contributed by atoms with Gasteiger partial charge >= 0.3 is 0 Å². The largest absolute Gasteiger partial charge is 0.409 e. The van der Waals surface area contributed by atoms with Crippen molar-refractivity contribution in [1.82, 2.24) is 14.5 Å². The number of carbonyl (C=O) groups is 1. The minimum absolute atomic E-state index is 0.0526. The molecule has 1 saturated carbocycles. The molecule has 7 nitrogen and oxygen atoms in total. The first-order valence-electron chi connectivity index (χ1n) is 6.94. The fourth-order valence-corrected chi connectivity index (χ4v) is 2.91. The van der Waals surface area contributed by atoms with E-state index < -0.39 is 0 Å². The maximum absolute atomic E-state index is 12.8. The van der Waals surface area contributed by atoms with E-state index in [2.05, 4.69) is 14.7 Å². The average Bonchev–Trinajstić information content (AvgIpc) is 3.11. The van der Waals surface area contributed by atoms with Gasteiger partial charge in [0.25, 0.3) is 5.91 Å². The number of nitrogens with zero attached hydrogens (tertiary/aromatic N) is 4. The molecule has 2 rings (SSSR count). The van der Waals surface area contributed by atoms with Gasteiger partial charge in [0.1, 0.15) is 10.7 Å². The highest BCUT2D eigenvalue weighted by Crippen LogP contribution is 2.32. The molecule has 0 unspecified atom stereocenters. The normalized spacial score (nSPS) is 16.0. The SMILES string of the molecule is CC(C)(C)c1nnsc1C(=O)N(CCC(N)=NO)C1CC1. The quantitative estimate of drug-likeness (QED) is 0.372. The van der Waals surface area contributed by atoms with Crippen molar-refractivity contribution in [2.75, 3.05) is 6.54 Å². The summed E-state index contributed by atoms with van der Waals surface area (Å²) in [5.41, 5.74) is 6.00. The summed E-state index contributed by atoms with van der Waals surface area (Å²) in [4.78, 5) is 15.2. The van der Waals surface area contributed by atoms with Crippen molar-refractivity contribution in [2.45, 2.75) is 51.5 Å². The lowest BCUT2D eigenvalue weighted by atomic mass is 9.91. The van der Waals surface area contributed by atoms with Crippen LogP contribution in [0.3, 0.4) is 0 Å². The second-order valence-electron chi connectivity index (χ2n) is 6.27. The van der Waals surface area contributed by atoms with Crippen molar-refractivity contribution in [3.05, 3.63) is 10.6 Å². The maximum atomic E-state index is 12.8. The van der Waals surface area contributed by atoms with Crippen LogP contribution in [0.4, 0.5) is 0 Å². The molecule has 1 aliphatic rings. The second-order valence-corrected chi connectivity index (χ2v) is 7.03. The lowest BCUT2D eigenvalue weighted by Gasteiger charge is -2.23. The van der Waals surface area contributed by atoms with Gasteiger partial charge in [0, 0.05) is 24.4 Å². The lowest BCUT2D eigenvalue weighted by Crippen LogP contribution is -2.36. The standard InChI is InChI=1S/C13H21N5O2S/c1-13(2,3)11-10(21-17-15-11)12(19)18(8-4-5-8)7-6-9(14)16-20/h8,20H,4-7H2,1-3H3,(H2,14,16). The highest BCUT2D eigenvalue weighted by molar-refractivity contribution is 7.08. The smallest absolute Gasteiger partial charge is 0.267 e. The van der Waals surface area contributed by atoms with Crippen molar-refractivity contribution in [2.24, 2.45) is 10.9 Å². The molecule has 0 radical (unpaired) electrons. The number of carbonyl (C=O) groups excluding carboxylic acids is 1. The number of nitrogens with two attached hydrogens (primary N) is 1. The molecule has 1 amide bonds. The summed E-state index contributed by atoms with van der Waals surface area (Å²) in [5, 5.41) is 15.7. The highest BCUT2D eigenvalue weighted by atomic mass is 32.1. The van der Waals surface area contributed by atoms with Crippen LogP contribution in [0.15, 0.2) is 5.16 Å². The van der Waals surface area contributed by atoms with Gasteiger partial charge in [-0.15, -0.1) is 5.10 Å². The van der Waals surface area contributed by atoms with Crippen LogP contribution in [-0.4, -0.2) is 44.0 Å². The molecule has 1 aromatic heterocycles. The third kappa shape index (κ3) is 3.69. The van der Waals surface area contributed by atoms with Gasteiger partial charge < -0.3 is 15.8 Å². The van der Waals surface area contributed by atoms with Crippen LogP contribution in [0.25, 0.3) is 0 Å². The summed E-state index contributed by atoms with van der Waals surface area (Å²) in [6.45, 7) is 6.48. The summed E-state index contributed by atoms with van der Waals surface area (Å²) in [7, 11) is 0. The van der Waals surface area contributed by atoms with Gasteiger partial charge in [-0.05, 0) is 24.4 Å². The molecular weight excluding hydrogens is 290 g/mol. The van der Waals surface area contributed by atoms with E-state index in [-0.39, 0.29) is 23.2 Å². The molecule has 3 N–H and O–H groups in total. The van der Waals surface area contributed by atoms with Crippen LogP contribution in [0.1, 0.15) is 55.4 Å². The van der Waals surface area contributed by atoms with E-state index >= 15 is 0 Å². The Morgan fingerprint density at radius 3 is 2.71 bits per heavy atom. The van der Waals surface area contributed by atoms with Crippen molar-refractivity contribution in [3.8, 4) is 0 Å². The number of aromatic nitrogens is 2. The number of amidine groups is 1. The third-order valence-corrected chi connectivity index (χ3v) is 4.09. The molecule has 0 bridgehead atoms. The van der Waals surface area contributed by atoms with Gasteiger partial charge in [0.05, 0.1) is 5.69 Å². The summed E-state index contributed by atoms with van der Waals surface area (Å²) >= 11 is 1.13. The minimum atomic E-state index is -0.223. The van der Waals surface area contributed by atoms with E-state index in [1.54, 1.807) is 4.90 Å². The fraction of sp³-hybridized carbons (Fsp3) is 0.692. The third-order valence-electron chi connectivity index (χ3n) is 3.38. The molecule has 1 heterocycles. The first-order valence-corrected chi connectivity index (χ1v) is 7.72. The molecule has 1 fully saturated rings. The molecule has 8 heteroatoms. The second kappa shape index (κ2) is 5.97. The van der Waals surface area contributed by atoms with Gasteiger partial charge in [-0.2, -0.15) is 0 Å². The van der Waals surface area contributed by atoms with Gasteiger partial charge in [0.2, 0.25) is 0 Å². The average molecular weight is 311 g/mol. The van der Waals surface area contributed by atoms with E-state index in [0.29, 0.717) is 17.8 Å². The van der Waals surface area contributed by atoms with Crippen molar-refractivity contribution in [3.63, 3.8) is 0 Å². The van der Waals surface area contributed by atoms with Crippen LogP contribution in [0.5, 0.6) is 0 Å². The summed E-state index contributed by atoms with van der Waals surface area (Å²) in [6.07, 6.45) is 2.35. The zero-order valence-electron chi connectivity index (χ0n) is 12.5. The molecule has 1 aliphatic carbocycles. The Bertz CT molecular complexity index is 545.